The van der Waals surface area contributed by atoms with Gasteiger partial charge < -0.3 is 50.5 Å². The minimum absolute atomic E-state index is 0.241. The van der Waals surface area contributed by atoms with Gasteiger partial charge in [-0.25, -0.2) is 0 Å². The number of ether oxygens (including phenoxy) is 2. The number of rotatable bonds is 41. The molecule has 1 aliphatic rings. The van der Waals surface area contributed by atoms with Crippen molar-refractivity contribution in [1.82, 2.24) is 5.32 Å². The van der Waals surface area contributed by atoms with E-state index in [0.717, 1.165) is 44.9 Å². The lowest BCUT2D eigenvalue weighted by Crippen LogP contribution is -2.60. The number of aliphatic hydroxyl groups is 7. The summed E-state index contributed by atoms with van der Waals surface area (Å²) in [5, 5.41) is 75.6. The van der Waals surface area contributed by atoms with Gasteiger partial charge in [0.2, 0.25) is 5.91 Å². The van der Waals surface area contributed by atoms with Crippen LogP contribution in [0.15, 0.2) is 36.5 Å². The molecule has 0 spiro atoms. The number of carbonyl (C=O) groups is 1. The fraction of sp³-hybridized carbons (Fsp3) is 0.860. The molecule has 0 radical (unpaired) electrons. The SMILES string of the molecule is C/C=C/CC/C=C/CC/C=C/CCCC(O)C(O)C(COC1OC(CO)C(O)C(O)C1O)NC(=O)C(O)CCCCCCCCCCCCCCCCCCCCCCCC. The molecule has 1 saturated heterocycles. The smallest absolute Gasteiger partial charge is 0.249 e. The van der Waals surface area contributed by atoms with Gasteiger partial charge in [0.1, 0.15) is 36.6 Å². The Labute approximate surface area is 371 Å². The Morgan fingerprint density at radius 3 is 1.49 bits per heavy atom. The highest BCUT2D eigenvalue weighted by atomic mass is 16.7. The van der Waals surface area contributed by atoms with E-state index in [0.29, 0.717) is 19.3 Å². The first-order valence-corrected chi connectivity index (χ1v) is 24.9. The number of hydrogen-bond donors (Lipinski definition) is 8. The minimum Gasteiger partial charge on any atom is -0.394 e. The molecule has 9 atom stereocenters. The van der Waals surface area contributed by atoms with Gasteiger partial charge in [-0.2, -0.15) is 0 Å². The molecule has 1 fully saturated rings. The summed E-state index contributed by atoms with van der Waals surface area (Å²) in [4.78, 5) is 13.1. The van der Waals surface area contributed by atoms with E-state index in [2.05, 4.69) is 42.6 Å². The summed E-state index contributed by atoms with van der Waals surface area (Å²) in [6, 6.07) is -1.19. The number of carbonyl (C=O) groups excluding carboxylic acids is 1. The molecule has 0 aliphatic carbocycles. The van der Waals surface area contributed by atoms with Crippen LogP contribution >= 0.6 is 0 Å². The lowest BCUT2D eigenvalue weighted by Gasteiger charge is -2.40. The first-order chi connectivity index (χ1) is 29.7. The van der Waals surface area contributed by atoms with E-state index in [9.17, 15) is 40.5 Å². The predicted octanol–water partition coefficient (Wildman–Crippen LogP) is 8.78. The molecule has 0 saturated carbocycles. The van der Waals surface area contributed by atoms with Crippen LogP contribution in [0.3, 0.4) is 0 Å². The number of amides is 1. The zero-order valence-corrected chi connectivity index (χ0v) is 38.6. The average Bonchev–Trinajstić information content (AvgIpc) is 3.26. The summed E-state index contributed by atoms with van der Waals surface area (Å²) < 4.78 is 11.1. The molecular formula is C50H93NO10. The molecule has 0 bridgehead atoms. The highest BCUT2D eigenvalue weighted by Gasteiger charge is 2.44. The van der Waals surface area contributed by atoms with Crippen LogP contribution in [0.5, 0.6) is 0 Å². The van der Waals surface area contributed by atoms with Gasteiger partial charge in [0, 0.05) is 0 Å². The van der Waals surface area contributed by atoms with Crippen LogP contribution in [0.25, 0.3) is 0 Å². The monoisotopic (exact) mass is 868 g/mol. The molecule has 0 aromatic heterocycles. The predicted molar refractivity (Wildman–Crippen MR) is 247 cm³/mol. The first-order valence-electron chi connectivity index (χ1n) is 24.9. The van der Waals surface area contributed by atoms with E-state index in [1.165, 1.54) is 116 Å². The largest absolute Gasteiger partial charge is 0.394 e. The highest BCUT2D eigenvalue weighted by Crippen LogP contribution is 2.23. The minimum atomic E-state index is -1.67. The highest BCUT2D eigenvalue weighted by molar-refractivity contribution is 5.80. The van der Waals surface area contributed by atoms with Gasteiger partial charge >= 0.3 is 0 Å². The lowest BCUT2D eigenvalue weighted by atomic mass is 9.98. The molecule has 358 valence electrons. The van der Waals surface area contributed by atoms with Crippen molar-refractivity contribution >= 4 is 5.91 Å². The molecular weight excluding hydrogens is 775 g/mol. The van der Waals surface area contributed by atoms with Gasteiger partial charge in [-0.15, -0.1) is 0 Å². The second-order valence-electron chi connectivity index (χ2n) is 17.5. The van der Waals surface area contributed by atoms with Crippen molar-refractivity contribution in [1.29, 1.82) is 0 Å². The number of allylic oxidation sites excluding steroid dienone is 6. The number of aliphatic hydroxyl groups excluding tert-OH is 7. The molecule has 11 heteroatoms. The molecule has 61 heavy (non-hydrogen) atoms. The maximum atomic E-state index is 13.1. The Morgan fingerprint density at radius 1 is 0.590 bits per heavy atom. The number of unbranched alkanes of at least 4 members (excludes halogenated alkanes) is 24. The van der Waals surface area contributed by atoms with Crippen molar-refractivity contribution < 1.29 is 50.0 Å². The molecule has 11 nitrogen and oxygen atoms in total. The number of hydrogen-bond acceptors (Lipinski definition) is 10. The lowest BCUT2D eigenvalue weighted by molar-refractivity contribution is -0.303. The first kappa shape index (κ1) is 57.3. The van der Waals surface area contributed by atoms with Crippen molar-refractivity contribution in [3.05, 3.63) is 36.5 Å². The van der Waals surface area contributed by atoms with E-state index in [1.54, 1.807) is 0 Å². The Balaban J connectivity index is 2.36. The second-order valence-corrected chi connectivity index (χ2v) is 17.5. The van der Waals surface area contributed by atoms with Gasteiger partial charge in [0.05, 0.1) is 25.4 Å². The number of nitrogens with one attached hydrogen (secondary N) is 1. The van der Waals surface area contributed by atoms with Gasteiger partial charge in [-0.1, -0.05) is 185 Å². The quantitative estimate of drug-likeness (QED) is 0.0218. The Morgan fingerprint density at radius 2 is 1.03 bits per heavy atom. The molecule has 1 aliphatic heterocycles. The summed E-state index contributed by atoms with van der Waals surface area (Å²) in [5.74, 6) is -0.712. The van der Waals surface area contributed by atoms with Gasteiger partial charge in [0.15, 0.2) is 6.29 Å². The molecule has 1 heterocycles. The van der Waals surface area contributed by atoms with Crippen LogP contribution in [-0.4, -0.2) is 110 Å². The third kappa shape index (κ3) is 29.4. The Kier molecular flexibility index (Phi) is 37.5. The van der Waals surface area contributed by atoms with Crippen LogP contribution in [-0.2, 0) is 14.3 Å². The van der Waals surface area contributed by atoms with Crippen LogP contribution < -0.4 is 5.32 Å². The molecule has 0 aromatic rings. The van der Waals surface area contributed by atoms with Crippen LogP contribution in [0.2, 0.25) is 0 Å². The fourth-order valence-electron chi connectivity index (χ4n) is 7.89. The standard InChI is InChI=1S/C50H93NO10/c1-3-5-7-9-11-13-15-17-18-19-20-21-22-23-24-25-26-28-30-32-34-36-38-43(54)49(59)51-41(40-60-50-48(58)47(57)46(56)44(39-52)61-50)45(55)42(53)37-35-33-31-29-27-16-14-12-10-8-6-4-2/h4,6,12,14,29,31,41-48,50,52-58H,3,5,7-11,13,15-28,30,32-40H2,1-2H3,(H,51,59)/b6-4+,14-12+,31-29+. The maximum Gasteiger partial charge on any atom is 0.249 e. The molecule has 1 amide bonds. The summed E-state index contributed by atoms with van der Waals surface area (Å²) in [5.41, 5.74) is 0. The van der Waals surface area contributed by atoms with Gasteiger partial charge in [-0.05, 0) is 58.3 Å². The van der Waals surface area contributed by atoms with E-state index < -0.39 is 74.2 Å². The average molecular weight is 868 g/mol. The van der Waals surface area contributed by atoms with E-state index in [1.807, 2.05) is 13.0 Å². The third-order valence-electron chi connectivity index (χ3n) is 12.0. The molecule has 9 unspecified atom stereocenters. The van der Waals surface area contributed by atoms with E-state index in [-0.39, 0.29) is 12.8 Å². The Bertz CT molecular complexity index is 1090. The molecule has 0 aromatic carbocycles. The third-order valence-corrected chi connectivity index (χ3v) is 12.0. The van der Waals surface area contributed by atoms with Crippen molar-refractivity contribution in [2.75, 3.05) is 13.2 Å². The van der Waals surface area contributed by atoms with Crippen molar-refractivity contribution in [3.8, 4) is 0 Å². The maximum absolute atomic E-state index is 13.1. The fourth-order valence-corrected chi connectivity index (χ4v) is 7.89. The summed E-state index contributed by atoms with van der Waals surface area (Å²) in [6.45, 7) is 3.21. The van der Waals surface area contributed by atoms with Crippen molar-refractivity contribution in [3.63, 3.8) is 0 Å². The van der Waals surface area contributed by atoms with E-state index >= 15 is 0 Å². The van der Waals surface area contributed by atoms with Crippen molar-refractivity contribution in [2.45, 2.75) is 262 Å². The Hall–Kier alpha value is -1.67. The van der Waals surface area contributed by atoms with Crippen LogP contribution in [0.1, 0.15) is 206 Å². The molecule has 8 N–H and O–H groups in total. The van der Waals surface area contributed by atoms with Gasteiger partial charge in [-0.3, -0.25) is 4.79 Å². The summed E-state index contributed by atoms with van der Waals surface area (Å²) >= 11 is 0. The topological polar surface area (TPSA) is 189 Å². The van der Waals surface area contributed by atoms with Crippen LogP contribution in [0, 0.1) is 0 Å². The summed E-state index contributed by atoms with van der Waals surface area (Å²) in [7, 11) is 0. The van der Waals surface area contributed by atoms with Crippen LogP contribution in [0.4, 0.5) is 0 Å². The summed E-state index contributed by atoms with van der Waals surface area (Å²) in [6.07, 6.45) is 35.1. The van der Waals surface area contributed by atoms with Gasteiger partial charge in [0.25, 0.3) is 0 Å². The zero-order valence-electron chi connectivity index (χ0n) is 38.6. The second kappa shape index (κ2) is 39.9. The zero-order chi connectivity index (χ0) is 44.8. The van der Waals surface area contributed by atoms with E-state index in [4.69, 9.17) is 9.47 Å². The normalized spacial score (nSPS) is 21.8. The molecule has 1 rings (SSSR count). The van der Waals surface area contributed by atoms with Crippen molar-refractivity contribution in [2.24, 2.45) is 0 Å².